The van der Waals surface area contributed by atoms with Gasteiger partial charge in [0.25, 0.3) is 0 Å². The van der Waals surface area contributed by atoms with Gasteiger partial charge in [-0.25, -0.2) is 0 Å². The SMILES string of the molecule is Cc1cn(C)c(C(C)C)c1C(C)C. The summed E-state index contributed by atoms with van der Waals surface area (Å²) in [5.74, 6) is 1.26. The lowest BCUT2D eigenvalue weighted by Crippen LogP contribution is -2.02. The minimum Gasteiger partial charge on any atom is -0.354 e. The van der Waals surface area contributed by atoms with Crippen molar-refractivity contribution in [1.29, 1.82) is 0 Å². The number of nitrogens with zero attached hydrogens (tertiary/aromatic N) is 1. The van der Waals surface area contributed by atoms with Crippen LogP contribution in [0.2, 0.25) is 0 Å². The molecule has 0 radical (unpaired) electrons. The maximum Gasteiger partial charge on any atom is 0.0234 e. The summed E-state index contributed by atoms with van der Waals surface area (Å²) >= 11 is 0. The first kappa shape index (κ1) is 10.4. The van der Waals surface area contributed by atoms with Crippen LogP contribution in [0.15, 0.2) is 6.20 Å². The summed E-state index contributed by atoms with van der Waals surface area (Å²) in [6, 6.07) is 0. The minimum absolute atomic E-state index is 0.621. The smallest absolute Gasteiger partial charge is 0.0234 e. The molecule has 0 unspecified atom stereocenters. The van der Waals surface area contributed by atoms with Crippen molar-refractivity contribution >= 4 is 0 Å². The Balaban J connectivity index is 3.29. The lowest BCUT2D eigenvalue weighted by molar-refractivity contribution is 0.710. The average Bonchev–Trinajstić information content (AvgIpc) is 2.24. The fourth-order valence-electron chi connectivity index (χ4n) is 2.29. The Labute approximate surface area is 81.8 Å². The predicted octanol–water partition coefficient (Wildman–Crippen LogP) is 3.58. The van der Waals surface area contributed by atoms with Crippen LogP contribution in [0.25, 0.3) is 0 Å². The van der Waals surface area contributed by atoms with Gasteiger partial charge < -0.3 is 4.57 Å². The van der Waals surface area contributed by atoms with Gasteiger partial charge in [0.2, 0.25) is 0 Å². The summed E-state index contributed by atoms with van der Waals surface area (Å²) in [6.45, 7) is 11.3. The summed E-state index contributed by atoms with van der Waals surface area (Å²) in [7, 11) is 2.15. The van der Waals surface area contributed by atoms with Gasteiger partial charge >= 0.3 is 0 Å². The summed E-state index contributed by atoms with van der Waals surface area (Å²) in [4.78, 5) is 0. The molecule has 0 N–H and O–H groups in total. The van der Waals surface area contributed by atoms with Crippen molar-refractivity contribution in [1.82, 2.24) is 4.57 Å². The van der Waals surface area contributed by atoms with Crippen molar-refractivity contribution in [3.63, 3.8) is 0 Å². The number of hydrogen-bond acceptors (Lipinski definition) is 0. The quantitative estimate of drug-likeness (QED) is 0.654. The highest BCUT2D eigenvalue weighted by molar-refractivity contribution is 5.35. The van der Waals surface area contributed by atoms with Crippen molar-refractivity contribution in [3.8, 4) is 0 Å². The Hall–Kier alpha value is -0.720. The minimum atomic E-state index is 0.621. The molecule has 0 aliphatic carbocycles. The Bertz CT molecular complexity index is 264. The summed E-state index contributed by atoms with van der Waals surface area (Å²) in [5, 5.41) is 0. The van der Waals surface area contributed by atoms with Crippen LogP contribution in [0.3, 0.4) is 0 Å². The second-order valence-corrected chi connectivity index (χ2v) is 4.53. The van der Waals surface area contributed by atoms with E-state index in [4.69, 9.17) is 0 Å². The molecule has 74 valence electrons. The molecule has 1 nitrogen and oxygen atoms in total. The number of hydrogen-bond donors (Lipinski definition) is 0. The molecule has 0 atom stereocenters. The van der Waals surface area contributed by atoms with E-state index >= 15 is 0 Å². The van der Waals surface area contributed by atoms with E-state index in [9.17, 15) is 0 Å². The summed E-state index contributed by atoms with van der Waals surface area (Å²) in [6.07, 6.45) is 2.24. The van der Waals surface area contributed by atoms with E-state index in [1.807, 2.05) is 0 Å². The van der Waals surface area contributed by atoms with E-state index in [0.29, 0.717) is 11.8 Å². The lowest BCUT2D eigenvalue weighted by atomic mass is 9.95. The van der Waals surface area contributed by atoms with Crippen LogP contribution in [-0.2, 0) is 7.05 Å². The van der Waals surface area contributed by atoms with Crippen LogP contribution in [0.5, 0.6) is 0 Å². The molecular weight excluding hydrogens is 158 g/mol. The van der Waals surface area contributed by atoms with Gasteiger partial charge in [0.1, 0.15) is 0 Å². The largest absolute Gasteiger partial charge is 0.354 e. The molecule has 0 aliphatic heterocycles. The summed E-state index contributed by atoms with van der Waals surface area (Å²) in [5.41, 5.74) is 4.46. The number of aromatic nitrogens is 1. The summed E-state index contributed by atoms with van der Waals surface area (Å²) < 4.78 is 2.27. The number of aryl methyl sites for hydroxylation is 2. The normalized spacial score (nSPS) is 11.7. The third-order valence-corrected chi connectivity index (χ3v) is 2.59. The monoisotopic (exact) mass is 179 g/mol. The first-order valence-corrected chi connectivity index (χ1v) is 5.10. The van der Waals surface area contributed by atoms with E-state index in [0.717, 1.165) is 0 Å². The zero-order valence-electron chi connectivity index (χ0n) is 9.68. The Morgan fingerprint density at radius 2 is 1.62 bits per heavy atom. The van der Waals surface area contributed by atoms with Gasteiger partial charge in [-0.15, -0.1) is 0 Å². The molecule has 0 fully saturated rings. The molecule has 1 rings (SSSR count). The van der Waals surface area contributed by atoms with Crippen molar-refractivity contribution < 1.29 is 0 Å². The van der Waals surface area contributed by atoms with Crippen LogP contribution in [-0.4, -0.2) is 4.57 Å². The fraction of sp³-hybridized carbons (Fsp3) is 0.667. The van der Waals surface area contributed by atoms with Crippen LogP contribution in [0.1, 0.15) is 56.4 Å². The molecule has 0 saturated carbocycles. The van der Waals surface area contributed by atoms with Crippen molar-refractivity contribution in [2.24, 2.45) is 7.05 Å². The van der Waals surface area contributed by atoms with Crippen molar-refractivity contribution in [2.45, 2.75) is 46.5 Å². The molecule has 0 spiro atoms. The third kappa shape index (κ3) is 1.79. The Morgan fingerprint density at radius 3 is 1.92 bits per heavy atom. The second-order valence-electron chi connectivity index (χ2n) is 4.53. The van der Waals surface area contributed by atoms with E-state index in [2.05, 4.69) is 52.4 Å². The lowest BCUT2D eigenvalue weighted by Gasteiger charge is -2.14. The molecule has 0 bridgehead atoms. The molecular formula is C12H21N. The molecule has 1 heteroatoms. The van der Waals surface area contributed by atoms with E-state index in [1.165, 1.54) is 16.8 Å². The molecule has 0 aromatic carbocycles. The van der Waals surface area contributed by atoms with E-state index < -0.39 is 0 Å². The molecule has 1 aromatic heterocycles. The van der Waals surface area contributed by atoms with Gasteiger partial charge in [-0.3, -0.25) is 0 Å². The van der Waals surface area contributed by atoms with Gasteiger partial charge in [0.15, 0.2) is 0 Å². The number of rotatable bonds is 2. The average molecular weight is 179 g/mol. The second kappa shape index (κ2) is 3.57. The van der Waals surface area contributed by atoms with Crippen molar-refractivity contribution in [3.05, 3.63) is 23.0 Å². The zero-order valence-corrected chi connectivity index (χ0v) is 9.68. The highest BCUT2D eigenvalue weighted by Crippen LogP contribution is 2.29. The first-order chi connectivity index (χ1) is 5.95. The van der Waals surface area contributed by atoms with Gasteiger partial charge in [-0.1, -0.05) is 27.7 Å². The predicted molar refractivity (Wildman–Crippen MR) is 58.3 cm³/mol. The van der Waals surface area contributed by atoms with Crippen LogP contribution < -0.4 is 0 Å². The molecule has 0 amide bonds. The van der Waals surface area contributed by atoms with Gasteiger partial charge in [-0.2, -0.15) is 0 Å². The topological polar surface area (TPSA) is 4.93 Å². The van der Waals surface area contributed by atoms with E-state index in [-0.39, 0.29) is 0 Å². The maximum atomic E-state index is 2.27. The third-order valence-electron chi connectivity index (χ3n) is 2.59. The fourth-order valence-corrected chi connectivity index (χ4v) is 2.29. The molecule has 1 aromatic rings. The van der Waals surface area contributed by atoms with Gasteiger partial charge in [0, 0.05) is 18.9 Å². The zero-order chi connectivity index (χ0) is 10.2. The highest BCUT2D eigenvalue weighted by Gasteiger charge is 2.16. The van der Waals surface area contributed by atoms with Crippen LogP contribution in [0, 0.1) is 6.92 Å². The Kier molecular flexibility index (Phi) is 2.84. The van der Waals surface area contributed by atoms with Crippen molar-refractivity contribution in [2.75, 3.05) is 0 Å². The molecule has 1 heterocycles. The highest BCUT2D eigenvalue weighted by atomic mass is 14.9. The Morgan fingerprint density at radius 1 is 1.08 bits per heavy atom. The van der Waals surface area contributed by atoms with Gasteiger partial charge in [0.05, 0.1) is 0 Å². The molecule has 0 saturated heterocycles. The first-order valence-electron chi connectivity index (χ1n) is 5.10. The van der Waals surface area contributed by atoms with Crippen LogP contribution >= 0.6 is 0 Å². The van der Waals surface area contributed by atoms with Crippen LogP contribution in [0.4, 0.5) is 0 Å². The van der Waals surface area contributed by atoms with Gasteiger partial charge in [-0.05, 0) is 29.9 Å². The molecule has 0 aliphatic rings. The molecule has 13 heavy (non-hydrogen) atoms. The van der Waals surface area contributed by atoms with E-state index in [1.54, 1.807) is 0 Å². The standard InChI is InChI=1S/C12H21N/c1-8(2)11-10(5)7-13(6)12(11)9(3)4/h7-9H,1-6H3. The maximum absolute atomic E-state index is 2.27.